The number of rotatable bonds is 11. The maximum Gasteiger partial charge on any atom is 0.469 e. The summed E-state index contributed by atoms with van der Waals surface area (Å²) in [7, 11) is -2.65. The largest absolute Gasteiger partial charge is 0.469 e. The molecule has 1 fully saturated rings. The molecule has 0 bridgehead atoms. The van der Waals surface area contributed by atoms with Gasteiger partial charge in [0.2, 0.25) is 0 Å². The van der Waals surface area contributed by atoms with Crippen molar-refractivity contribution in [3.8, 4) is 0 Å². The van der Waals surface area contributed by atoms with Gasteiger partial charge in [-0.05, 0) is 44.2 Å². The molecule has 0 saturated heterocycles. The van der Waals surface area contributed by atoms with Gasteiger partial charge in [0.25, 0.3) is 0 Å². The molecule has 1 atom stereocenters. The molecule has 7 nitrogen and oxygen atoms in total. The fourth-order valence-corrected chi connectivity index (χ4v) is 4.42. The molecular weight excluding hydrogens is 379 g/mol. The van der Waals surface area contributed by atoms with E-state index in [0.29, 0.717) is 25.0 Å². The molecule has 4 N–H and O–H groups in total. The fraction of sp³-hybridized carbons (Fsp3) is 0.750. The Bertz CT molecular complexity index is 689. The summed E-state index contributed by atoms with van der Waals surface area (Å²) in [6.45, 7) is 1.47. The van der Waals surface area contributed by atoms with Gasteiger partial charge in [0.15, 0.2) is 5.78 Å². The van der Waals surface area contributed by atoms with Crippen LogP contribution in [0.1, 0.15) is 80.9 Å². The predicted octanol–water partition coefficient (Wildman–Crippen LogP) is 3.72. The zero-order valence-electron chi connectivity index (χ0n) is 17.1. The minimum atomic E-state index is -4.53. The average Bonchev–Trinajstić information content (AvgIpc) is 3.00. The highest BCUT2D eigenvalue weighted by atomic mass is 31.2. The Morgan fingerprint density at radius 1 is 1.32 bits per heavy atom. The number of phosphoric ester groups is 1. The minimum Gasteiger partial charge on any atom is -0.345 e. The first kappa shape index (κ1) is 23.3. The number of hydrogen-bond donors (Lipinski definition) is 3. The second-order valence-corrected chi connectivity index (χ2v) is 9.75. The van der Waals surface area contributed by atoms with Crippen LogP contribution < -0.4 is 5.73 Å². The zero-order valence-corrected chi connectivity index (χ0v) is 18.0. The number of ketones is 1. The van der Waals surface area contributed by atoms with E-state index in [9.17, 15) is 9.36 Å². The van der Waals surface area contributed by atoms with Crippen molar-refractivity contribution in [3.63, 3.8) is 0 Å². The van der Waals surface area contributed by atoms with Crippen LogP contribution >= 0.6 is 7.82 Å². The summed E-state index contributed by atoms with van der Waals surface area (Å²) in [5.74, 6) is 0.966. The molecule has 1 aliphatic rings. The molecule has 1 heterocycles. The van der Waals surface area contributed by atoms with E-state index in [1.807, 2.05) is 23.7 Å². The number of carbonyl (C=O) groups excluding carboxylic acids is 1. The Labute approximate surface area is 167 Å². The molecule has 28 heavy (non-hydrogen) atoms. The van der Waals surface area contributed by atoms with Gasteiger partial charge in [0.05, 0.1) is 12.3 Å². The maximum absolute atomic E-state index is 12.6. The van der Waals surface area contributed by atoms with Crippen molar-refractivity contribution in [3.05, 3.63) is 23.5 Å². The molecule has 0 spiro atoms. The van der Waals surface area contributed by atoms with Crippen LogP contribution in [0, 0.1) is 5.92 Å². The van der Waals surface area contributed by atoms with Gasteiger partial charge in [-0.2, -0.15) is 0 Å². The molecule has 1 unspecified atom stereocenters. The van der Waals surface area contributed by atoms with E-state index in [1.165, 1.54) is 32.1 Å². The molecule has 1 aliphatic carbocycles. The molecule has 1 saturated carbocycles. The molecule has 0 radical (unpaired) electrons. The van der Waals surface area contributed by atoms with Gasteiger partial charge in [-0.3, -0.25) is 9.32 Å². The number of aryl methyl sites for hydroxylation is 1. The van der Waals surface area contributed by atoms with Crippen LogP contribution in [-0.2, 0) is 22.6 Å². The number of phosphoric acid groups is 1. The maximum atomic E-state index is 12.6. The Hall–Kier alpha value is -0.980. The average molecular weight is 414 g/mol. The summed E-state index contributed by atoms with van der Waals surface area (Å²) >= 11 is 0. The second kappa shape index (κ2) is 10.2. The molecule has 2 rings (SSSR count). The van der Waals surface area contributed by atoms with Crippen molar-refractivity contribution >= 4 is 13.6 Å². The Morgan fingerprint density at radius 2 is 2.00 bits per heavy atom. The van der Waals surface area contributed by atoms with E-state index in [4.69, 9.17) is 15.5 Å². The normalized spacial score (nSPS) is 18.2. The van der Waals surface area contributed by atoms with Gasteiger partial charge in [0.1, 0.15) is 0 Å². The Balaban J connectivity index is 1.81. The van der Waals surface area contributed by atoms with E-state index < -0.39 is 13.4 Å². The molecule has 1 aromatic heterocycles. The predicted molar refractivity (Wildman–Crippen MR) is 109 cm³/mol. The Morgan fingerprint density at radius 3 is 2.64 bits per heavy atom. The number of nitrogens with zero attached hydrogens (tertiary/aromatic N) is 1. The van der Waals surface area contributed by atoms with Gasteiger partial charge in [0, 0.05) is 24.7 Å². The van der Waals surface area contributed by atoms with Gasteiger partial charge in [-0.15, -0.1) is 0 Å². The van der Waals surface area contributed by atoms with Gasteiger partial charge in [-0.1, -0.05) is 38.5 Å². The van der Waals surface area contributed by atoms with Crippen LogP contribution in [0.15, 0.2) is 12.1 Å². The summed E-state index contributed by atoms with van der Waals surface area (Å²) in [5.41, 5.74) is 6.90. The van der Waals surface area contributed by atoms with Crippen LogP contribution in [0.4, 0.5) is 0 Å². The van der Waals surface area contributed by atoms with Crippen molar-refractivity contribution in [1.82, 2.24) is 4.57 Å². The molecular formula is C20H35N2O5P. The van der Waals surface area contributed by atoms with E-state index in [2.05, 4.69) is 4.52 Å². The first-order chi connectivity index (χ1) is 13.1. The molecule has 1 aromatic rings. The lowest BCUT2D eigenvalue weighted by atomic mass is 9.85. The van der Waals surface area contributed by atoms with E-state index in [1.54, 1.807) is 6.92 Å². The lowest BCUT2D eigenvalue weighted by Crippen LogP contribution is -2.41. The zero-order chi connectivity index (χ0) is 20.8. The monoisotopic (exact) mass is 414 g/mol. The van der Waals surface area contributed by atoms with Gasteiger partial charge >= 0.3 is 7.82 Å². The molecule has 160 valence electrons. The van der Waals surface area contributed by atoms with E-state index >= 15 is 0 Å². The highest BCUT2D eigenvalue weighted by molar-refractivity contribution is 7.46. The third kappa shape index (κ3) is 7.80. The van der Waals surface area contributed by atoms with Crippen molar-refractivity contribution in [2.75, 3.05) is 6.61 Å². The standard InChI is InChI=1S/C20H35N2O5P/c1-20(21,15-27-28(24,25)26)14-13-17-11-12-18(22(17)2)19(23)10-6-9-16-7-4-3-5-8-16/h11-12,16H,3-10,13-15,21H2,1-2H3,(H2,24,25,26). The van der Waals surface area contributed by atoms with Crippen LogP contribution in [-0.4, -0.2) is 32.3 Å². The highest BCUT2D eigenvalue weighted by Gasteiger charge is 2.25. The lowest BCUT2D eigenvalue weighted by molar-refractivity contribution is 0.0968. The molecule has 0 amide bonds. The fourth-order valence-electron chi connectivity index (χ4n) is 3.96. The second-order valence-electron chi connectivity index (χ2n) is 8.51. The van der Waals surface area contributed by atoms with Gasteiger partial charge in [-0.25, -0.2) is 4.57 Å². The number of Topliss-reactive ketones (excluding diaryl/α,β-unsaturated/α-hetero) is 1. The van der Waals surface area contributed by atoms with E-state index in [-0.39, 0.29) is 12.4 Å². The smallest absolute Gasteiger partial charge is 0.345 e. The third-order valence-electron chi connectivity index (χ3n) is 5.77. The summed E-state index contributed by atoms with van der Waals surface area (Å²) < 4.78 is 17.3. The topological polar surface area (TPSA) is 115 Å². The number of hydrogen-bond acceptors (Lipinski definition) is 4. The minimum absolute atomic E-state index is 0.171. The first-order valence-corrected chi connectivity index (χ1v) is 11.8. The van der Waals surface area contributed by atoms with Crippen molar-refractivity contribution in [1.29, 1.82) is 0 Å². The Kier molecular flexibility index (Phi) is 8.46. The van der Waals surface area contributed by atoms with Crippen LogP contribution in [0.2, 0.25) is 0 Å². The van der Waals surface area contributed by atoms with Crippen LogP contribution in [0.3, 0.4) is 0 Å². The third-order valence-corrected chi connectivity index (χ3v) is 6.23. The molecule has 0 aliphatic heterocycles. The van der Waals surface area contributed by atoms with Crippen LogP contribution in [0.25, 0.3) is 0 Å². The summed E-state index contributed by atoms with van der Waals surface area (Å²) in [4.78, 5) is 30.2. The summed E-state index contributed by atoms with van der Waals surface area (Å²) in [5, 5.41) is 0. The number of aromatic nitrogens is 1. The van der Waals surface area contributed by atoms with Crippen molar-refractivity contribution in [2.45, 2.75) is 76.7 Å². The lowest BCUT2D eigenvalue weighted by Gasteiger charge is -2.24. The van der Waals surface area contributed by atoms with Crippen molar-refractivity contribution in [2.24, 2.45) is 18.7 Å². The quantitative estimate of drug-likeness (QED) is 0.376. The molecule has 0 aromatic carbocycles. The number of nitrogens with two attached hydrogens (primary N) is 1. The summed E-state index contributed by atoms with van der Waals surface area (Å²) in [6.07, 6.45) is 10.4. The first-order valence-electron chi connectivity index (χ1n) is 10.2. The number of carbonyl (C=O) groups is 1. The SMILES string of the molecule is Cn1c(CCC(C)(N)COP(=O)(O)O)ccc1C(=O)CCCC1CCCCC1. The van der Waals surface area contributed by atoms with Gasteiger partial charge < -0.3 is 20.1 Å². The van der Waals surface area contributed by atoms with Crippen molar-refractivity contribution < 1.29 is 23.7 Å². The van der Waals surface area contributed by atoms with Crippen LogP contribution in [0.5, 0.6) is 0 Å². The summed E-state index contributed by atoms with van der Waals surface area (Å²) in [6, 6.07) is 3.78. The highest BCUT2D eigenvalue weighted by Crippen LogP contribution is 2.37. The molecule has 8 heteroatoms. The van der Waals surface area contributed by atoms with E-state index in [0.717, 1.165) is 24.5 Å².